The molecule has 0 atom stereocenters. The quantitative estimate of drug-likeness (QED) is 0.751. The molecule has 0 radical (unpaired) electrons. The smallest absolute Gasteiger partial charge is 0.255 e. The van der Waals surface area contributed by atoms with Gasteiger partial charge in [0.1, 0.15) is 5.75 Å². The van der Waals surface area contributed by atoms with Crippen molar-refractivity contribution < 1.29 is 19.7 Å². The third kappa shape index (κ3) is 2.83. The summed E-state index contributed by atoms with van der Waals surface area (Å²) in [6.45, 7) is 1.85. The average molecular weight is 273 g/mol. The van der Waals surface area contributed by atoms with Gasteiger partial charge in [-0.1, -0.05) is 0 Å². The van der Waals surface area contributed by atoms with Crippen LogP contribution in [0.3, 0.4) is 0 Å². The molecule has 0 aliphatic heterocycles. The summed E-state index contributed by atoms with van der Waals surface area (Å²) in [5, 5.41) is 21.4. The van der Waals surface area contributed by atoms with Crippen LogP contribution in [0.25, 0.3) is 0 Å². The minimum atomic E-state index is -0.367. The summed E-state index contributed by atoms with van der Waals surface area (Å²) < 4.78 is 5.09. The molecular weight excluding hydrogens is 258 g/mol. The number of carbonyl (C=O) groups excluding carboxylic acids is 1. The van der Waals surface area contributed by atoms with Gasteiger partial charge >= 0.3 is 0 Å². The Hall–Kier alpha value is -2.69. The van der Waals surface area contributed by atoms with Gasteiger partial charge in [0, 0.05) is 11.3 Å². The molecule has 0 unspecified atom stereocenters. The maximum Gasteiger partial charge on any atom is 0.255 e. The van der Waals surface area contributed by atoms with E-state index >= 15 is 0 Å². The number of ether oxygens (including phenoxy) is 1. The van der Waals surface area contributed by atoms with Crippen molar-refractivity contribution >= 4 is 11.6 Å². The molecule has 0 fully saturated rings. The van der Waals surface area contributed by atoms with Gasteiger partial charge in [0.05, 0.1) is 7.11 Å². The molecule has 0 aliphatic carbocycles. The predicted molar refractivity (Wildman–Crippen MR) is 75.5 cm³/mol. The lowest BCUT2D eigenvalue weighted by molar-refractivity contribution is 0.102. The Kier molecular flexibility index (Phi) is 3.79. The van der Waals surface area contributed by atoms with E-state index in [1.165, 1.54) is 18.2 Å². The Labute approximate surface area is 116 Å². The highest BCUT2D eigenvalue weighted by atomic mass is 16.5. The molecule has 0 bridgehead atoms. The fraction of sp³-hybridized carbons (Fsp3) is 0.133. The van der Waals surface area contributed by atoms with Crippen molar-refractivity contribution in [3.63, 3.8) is 0 Å². The summed E-state index contributed by atoms with van der Waals surface area (Å²) in [5.74, 6) is -0.248. The second-order valence-corrected chi connectivity index (χ2v) is 4.34. The molecule has 1 amide bonds. The molecule has 0 saturated carbocycles. The fourth-order valence-electron chi connectivity index (χ4n) is 1.76. The lowest BCUT2D eigenvalue weighted by Crippen LogP contribution is -2.12. The molecule has 5 heteroatoms. The van der Waals surface area contributed by atoms with Gasteiger partial charge in [-0.2, -0.15) is 0 Å². The van der Waals surface area contributed by atoms with Crippen LogP contribution in [-0.4, -0.2) is 23.2 Å². The maximum atomic E-state index is 12.0. The van der Waals surface area contributed by atoms with Gasteiger partial charge in [0.2, 0.25) is 0 Å². The van der Waals surface area contributed by atoms with Crippen molar-refractivity contribution in [2.45, 2.75) is 6.92 Å². The van der Waals surface area contributed by atoms with E-state index in [0.717, 1.165) is 5.56 Å². The van der Waals surface area contributed by atoms with E-state index in [-0.39, 0.29) is 23.0 Å². The molecule has 2 rings (SSSR count). The first-order chi connectivity index (χ1) is 9.51. The summed E-state index contributed by atoms with van der Waals surface area (Å²) in [6.07, 6.45) is 0. The zero-order chi connectivity index (χ0) is 14.7. The number of phenols is 2. The van der Waals surface area contributed by atoms with Gasteiger partial charge in [0.25, 0.3) is 5.91 Å². The maximum absolute atomic E-state index is 12.0. The standard InChI is InChI=1S/C15H15NO4/c1-9-7-11(20-2)4-5-12(9)16-15(19)10-3-6-13(17)14(18)8-10/h3-8,17-18H,1-2H3,(H,16,19). The Balaban J connectivity index is 2.21. The lowest BCUT2D eigenvalue weighted by atomic mass is 10.1. The second kappa shape index (κ2) is 5.52. The van der Waals surface area contributed by atoms with Gasteiger partial charge in [0.15, 0.2) is 11.5 Å². The van der Waals surface area contributed by atoms with Crippen LogP contribution in [0.5, 0.6) is 17.2 Å². The molecule has 0 spiro atoms. The number of benzene rings is 2. The van der Waals surface area contributed by atoms with Crippen LogP contribution in [0.4, 0.5) is 5.69 Å². The first-order valence-corrected chi connectivity index (χ1v) is 5.99. The van der Waals surface area contributed by atoms with E-state index in [2.05, 4.69) is 5.32 Å². The van der Waals surface area contributed by atoms with Gasteiger partial charge in [-0.3, -0.25) is 4.79 Å². The van der Waals surface area contributed by atoms with Crippen molar-refractivity contribution in [2.75, 3.05) is 12.4 Å². The van der Waals surface area contributed by atoms with Crippen LogP contribution in [0.2, 0.25) is 0 Å². The number of rotatable bonds is 3. The summed E-state index contributed by atoms with van der Waals surface area (Å²) in [7, 11) is 1.58. The Morgan fingerprint density at radius 2 is 1.85 bits per heavy atom. The number of carbonyl (C=O) groups is 1. The fourth-order valence-corrected chi connectivity index (χ4v) is 1.76. The van der Waals surface area contributed by atoms with E-state index in [0.29, 0.717) is 11.4 Å². The lowest BCUT2D eigenvalue weighted by Gasteiger charge is -2.10. The summed E-state index contributed by atoms with van der Waals surface area (Å²) in [5.41, 5.74) is 1.78. The highest BCUT2D eigenvalue weighted by molar-refractivity contribution is 6.05. The molecule has 0 heterocycles. The SMILES string of the molecule is COc1ccc(NC(=O)c2ccc(O)c(O)c2)c(C)c1. The first kappa shape index (κ1) is 13.7. The van der Waals surface area contributed by atoms with Crippen molar-refractivity contribution in [3.8, 4) is 17.2 Å². The highest BCUT2D eigenvalue weighted by Gasteiger charge is 2.10. The van der Waals surface area contributed by atoms with Crippen molar-refractivity contribution in [1.29, 1.82) is 0 Å². The Morgan fingerprint density at radius 1 is 1.10 bits per heavy atom. The van der Waals surface area contributed by atoms with Crippen molar-refractivity contribution in [1.82, 2.24) is 0 Å². The summed E-state index contributed by atoms with van der Waals surface area (Å²) in [4.78, 5) is 12.0. The molecule has 3 N–H and O–H groups in total. The highest BCUT2D eigenvalue weighted by Crippen LogP contribution is 2.26. The van der Waals surface area contributed by atoms with Gasteiger partial charge in [-0.15, -0.1) is 0 Å². The average Bonchev–Trinajstić information content (AvgIpc) is 2.43. The largest absolute Gasteiger partial charge is 0.504 e. The van der Waals surface area contributed by atoms with Gasteiger partial charge in [-0.25, -0.2) is 0 Å². The van der Waals surface area contributed by atoms with E-state index in [4.69, 9.17) is 4.74 Å². The number of aromatic hydroxyl groups is 2. The molecular formula is C15H15NO4. The van der Waals surface area contributed by atoms with E-state index in [9.17, 15) is 15.0 Å². The van der Waals surface area contributed by atoms with Crippen LogP contribution in [0.1, 0.15) is 15.9 Å². The zero-order valence-corrected chi connectivity index (χ0v) is 11.2. The zero-order valence-electron chi connectivity index (χ0n) is 11.2. The number of amides is 1. The summed E-state index contributed by atoms with van der Waals surface area (Å²) in [6, 6.07) is 9.21. The Morgan fingerprint density at radius 3 is 2.45 bits per heavy atom. The summed E-state index contributed by atoms with van der Waals surface area (Å²) >= 11 is 0. The second-order valence-electron chi connectivity index (χ2n) is 4.34. The monoisotopic (exact) mass is 273 g/mol. The molecule has 5 nitrogen and oxygen atoms in total. The number of methoxy groups -OCH3 is 1. The minimum Gasteiger partial charge on any atom is -0.504 e. The van der Waals surface area contributed by atoms with Crippen LogP contribution in [0.15, 0.2) is 36.4 Å². The molecule has 2 aromatic rings. The predicted octanol–water partition coefficient (Wildman–Crippen LogP) is 2.67. The first-order valence-electron chi connectivity index (χ1n) is 5.99. The van der Waals surface area contributed by atoms with E-state index < -0.39 is 0 Å². The number of hydrogen-bond donors (Lipinski definition) is 3. The van der Waals surface area contributed by atoms with Gasteiger partial charge < -0.3 is 20.3 Å². The van der Waals surface area contributed by atoms with Crippen LogP contribution >= 0.6 is 0 Å². The molecule has 2 aromatic carbocycles. The topological polar surface area (TPSA) is 78.8 Å². The molecule has 0 saturated heterocycles. The number of anilines is 1. The van der Waals surface area contributed by atoms with Crippen LogP contribution < -0.4 is 10.1 Å². The van der Waals surface area contributed by atoms with Gasteiger partial charge in [-0.05, 0) is 48.9 Å². The van der Waals surface area contributed by atoms with Crippen LogP contribution in [0, 0.1) is 6.92 Å². The third-order valence-electron chi connectivity index (χ3n) is 2.92. The van der Waals surface area contributed by atoms with Crippen LogP contribution in [-0.2, 0) is 0 Å². The number of hydrogen-bond acceptors (Lipinski definition) is 4. The number of aryl methyl sites for hydroxylation is 1. The molecule has 20 heavy (non-hydrogen) atoms. The van der Waals surface area contributed by atoms with Crippen molar-refractivity contribution in [3.05, 3.63) is 47.5 Å². The minimum absolute atomic E-state index is 0.260. The number of phenolic OH excluding ortho intramolecular Hbond substituents is 2. The molecule has 0 aromatic heterocycles. The molecule has 0 aliphatic rings. The van der Waals surface area contributed by atoms with E-state index in [1.807, 2.05) is 13.0 Å². The van der Waals surface area contributed by atoms with Crippen molar-refractivity contribution in [2.24, 2.45) is 0 Å². The molecule has 104 valence electrons. The number of nitrogens with one attached hydrogen (secondary N) is 1. The Bertz CT molecular complexity index is 652. The van der Waals surface area contributed by atoms with E-state index in [1.54, 1.807) is 19.2 Å². The third-order valence-corrected chi connectivity index (χ3v) is 2.92. The normalized spacial score (nSPS) is 10.1.